The molecule has 0 spiro atoms. The normalized spacial score (nSPS) is 10.5. The van der Waals surface area contributed by atoms with Crippen molar-refractivity contribution in [3.63, 3.8) is 0 Å². The molecule has 0 unspecified atom stereocenters. The first-order valence-electron chi connectivity index (χ1n) is 8.96. The molecular weight excluding hydrogens is 358 g/mol. The second-order valence-corrected chi connectivity index (χ2v) is 5.94. The van der Waals surface area contributed by atoms with Gasteiger partial charge in [-0.15, -0.1) is 0 Å². The Bertz CT molecular complexity index is 817. The SMILES string of the molecule is CCN(Cc1ccccc1)C(=O)COC(=O)/C=C/c1ccc(OC)cc1OC. The molecule has 28 heavy (non-hydrogen) atoms. The highest BCUT2D eigenvalue weighted by Gasteiger charge is 2.14. The van der Waals surface area contributed by atoms with E-state index < -0.39 is 5.97 Å². The number of rotatable bonds is 9. The fourth-order valence-corrected chi connectivity index (χ4v) is 2.57. The summed E-state index contributed by atoms with van der Waals surface area (Å²) in [7, 11) is 3.10. The molecule has 0 heterocycles. The van der Waals surface area contributed by atoms with Crippen molar-refractivity contribution in [2.45, 2.75) is 13.5 Å². The summed E-state index contributed by atoms with van der Waals surface area (Å²) in [6.45, 7) is 2.60. The average Bonchev–Trinajstić information content (AvgIpc) is 2.74. The lowest BCUT2D eigenvalue weighted by molar-refractivity contribution is -0.148. The molecule has 0 saturated carbocycles. The van der Waals surface area contributed by atoms with Gasteiger partial charge in [0.1, 0.15) is 11.5 Å². The number of hydrogen-bond acceptors (Lipinski definition) is 5. The Labute approximate surface area is 165 Å². The topological polar surface area (TPSA) is 65.1 Å². The molecule has 2 aromatic rings. The Kier molecular flexibility index (Phi) is 8.09. The predicted octanol–water partition coefficient (Wildman–Crippen LogP) is 3.31. The first kappa shape index (κ1) is 21.0. The van der Waals surface area contributed by atoms with E-state index in [9.17, 15) is 9.59 Å². The van der Waals surface area contributed by atoms with Gasteiger partial charge in [0.15, 0.2) is 6.61 Å². The van der Waals surface area contributed by atoms with Crippen LogP contribution in [0.25, 0.3) is 6.08 Å². The summed E-state index contributed by atoms with van der Waals surface area (Å²) in [6, 6.07) is 14.9. The van der Waals surface area contributed by atoms with Crippen LogP contribution in [0.5, 0.6) is 11.5 Å². The molecule has 0 N–H and O–H groups in total. The maximum Gasteiger partial charge on any atom is 0.331 e. The van der Waals surface area contributed by atoms with Gasteiger partial charge < -0.3 is 19.1 Å². The van der Waals surface area contributed by atoms with Gasteiger partial charge >= 0.3 is 5.97 Å². The summed E-state index contributed by atoms with van der Waals surface area (Å²) in [6.07, 6.45) is 2.84. The number of methoxy groups -OCH3 is 2. The summed E-state index contributed by atoms with van der Waals surface area (Å²) < 4.78 is 15.5. The smallest absolute Gasteiger partial charge is 0.331 e. The summed E-state index contributed by atoms with van der Waals surface area (Å²) >= 11 is 0. The van der Waals surface area contributed by atoms with Crippen LogP contribution in [-0.4, -0.2) is 44.1 Å². The molecule has 0 saturated heterocycles. The molecule has 6 nitrogen and oxygen atoms in total. The van der Waals surface area contributed by atoms with Crippen LogP contribution in [0.15, 0.2) is 54.6 Å². The number of carbonyl (C=O) groups excluding carboxylic acids is 2. The minimum absolute atomic E-state index is 0.241. The lowest BCUT2D eigenvalue weighted by Crippen LogP contribution is -2.33. The second kappa shape index (κ2) is 10.8. The maximum atomic E-state index is 12.3. The quantitative estimate of drug-likeness (QED) is 0.491. The molecule has 2 aromatic carbocycles. The molecule has 0 aliphatic carbocycles. The number of ether oxygens (including phenoxy) is 3. The molecule has 0 atom stereocenters. The van der Waals surface area contributed by atoms with Crippen LogP contribution in [0.3, 0.4) is 0 Å². The zero-order chi connectivity index (χ0) is 20.4. The number of hydrogen-bond donors (Lipinski definition) is 0. The van der Waals surface area contributed by atoms with Gasteiger partial charge in [-0.2, -0.15) is 0 Å². The standard InChI is InChI=1S/C22H25NO5/c1-4-23(15-17-8-6-5-7-9-17)21(24)16-28-22(25)13-11-18-10-12-19(26-2)14-20(18)27-3/h5-14H,4,15-16H2,1-3H3/b13-11+. The van der Waals surface area contributed by atoms with Crippen molar-refractivity contribution in [1.29, 1.82) is 0 Å². The van der Waals surface area contributed by atoms with E-state index in [4.69, 9.17) is 14.2 Å². The fraction of sp³-hybridized carbons (Fsp3) is 0.273. The van der Waals surface area contributed by atoms with Gasteiger partial charge in [0.25, 0.3) is 5.91 Å². The van der Waals surface area contributed by atoms with E-state index in [1.807, 2.05) is 37.3 Å². The minimum Gasteiger partial charge on any atom is -0.497 e. The lowest BCUT2D eigenvalue weighted by Gasteiger charge is -2.20. The fourth-order valence-electron chi connectivity index (χ4n) is 2.57. The minimum atomic E-state index is -0.595. The molecule has 0 aliphatic heterocycles. The van der Waals surface area contributed by atoms with Crippen molar-refractivity contribution >= 4 is 18.0 Å². The first-order chi connectivity index (χ1) is 13.6. The Hall–Kier alpha value is -3.28. The molecule has 1 amide bonds. The van der Waals surface area contributed by atoms with Crippen LogP contribution >= 0.6 is 0 Å². The van der Waals surface area contributed by atoms with Crippen LogP contribution in [0, 0.1) is 0 Å². The van der Waals surface area contributed by atoms with Crippen LogP contribution in [0.1, 0.15) is 18.1 Å². The van der Waals surface area contributed by atoms with E-state index >= 15 is 0 Å². The average molecular weight is 383 g/mol. The number of nitrogens with zero attached hydrogens (tertiary/aromatic N) is 1. The predicted molar refractivity (Wildman–Crippen MR) is 107 cm³/mol. The van der Waals surface area contributed by atoms with Crippen molar-refractivity contribution in [2.24, 2.45) is 0 Å². The largest absolute Gasteiger partial charge is 0.497 e. The number of benzene rings is 2. The van der Waals surface area contributed by atoms with Gasteiger partial charge in [0.2, 0.25) is 0 Å². The third-order valence-corrected chi connectivity index (χ3v) is 4.13. The molecule has 6 heteroatoms. The van der Waals surface area contributed by atoms with Crippen LogP contribution in [0.4, 0.5) is 0 Å². The Balaban J connectivity index is 1.90. The number of amides is 1. The number of esters is 1. The molecule has 0 bridgehead atoms. The molecular formula is C22H25NO5. The van der Waals surface area contributed by atoms with E-state index in [2.05, 4.69) is 0 Å². The summed E-state index contributed by atoms with van der Waals surface area (Å²) in [5, 5.41) is 0. The third kappa shape index (κ3) is 6.16. The lowest BCUT2D eigenvalue weighted by atomic mass is 10.2. The van der Waals surface area contributed by atoms with E-state index in [1.165, 1.54) is 13.2 Å². The number of carbonyl (C=O) groups is 2. The highest BCUT2D eigenvalue weighted by atomic mass is 16.5. The summed E-state index contributed by atoms with van der Waals surface area (Å²) in [4.78, 5) is 25.9. The van der Waals surface area contributed by atoms with E-state index in [0.717, 1.165) is 5.56 Å². The van der Waals surface area contributed by atoms with Crippen molar-refractivity contribution in [2.75, 3.05) is 27.4 Å². The van der Waals surface area contributed by atoms with Crippen molar-refractivity contribution in [1.82, 2.24) is 4.90 Å². The molecule has 0 aliphatic rings. The van der Waals surface area contributed by atoms with Crippen LogP contribution < -0.4 is 9.47 Å². The van der Waals surface area contributed by atoms with E-state index in [-0.39, 0.29) is 12.5 Å². The van der Waals surface area contributed by atoms with Crippen molar-refractivity contribution in [3.05, 3.63) is 65.7 Å². The molecule has 0 fully saturated rings. The highest BCUT2D eigenvalue weighted by Crippen LogP contribution is 2.25. The van der Waals surface area contributed by atoms with Crippen LogP contribution in [-0.2, 0) is 20.9 Å². The van der Waals surface area contributed by atoms with Gasteiger partial charge in [-0.05, 0) is 30.7 Å². The highest BCUT2D eigenvalue weighted by molar-refractivity contribution is 5.89. The molecule has 0 aromatic heterocycles. The summed E-state index contributed by atoms with van der Waals surface area (Å²) in [5.74, 6) is 0.386. The van der Waals surface area contributed by atoms with E-state index in [1.54, 1.807) is 36.3 Å². The molecule has 2 rings (SSSR count). The number of likely N-dealkylation sites (N-methyl/N-ethyl adjacent to an activating group) is 1. The Morgan fingerprint density at radius 2 is 1.79 bits per heavy atom. The molecule has 0 radical (unpaired) electrons. The van der Waals surface area contributed by atoms with Gasteiger partial charge in [0.05, 0.1) is 14.2 Å². The zero-order valence-corrected chi connectivity index (χ0v) is 16.4. The summed E-state index contributed by atoms with van der Waals surface area (Å²) in [5.41, 5.74) is 1.72. The Morgan fingerprint density at radius 3 is 2.43 bits per heavy atom. The van der Waals surface area contributed by atoms with Gasteiger partial charge in [-0.3, -0.25) is 4.79 Å². The third-order valence-electron chi connectivity index (χ3n) is 4.13. The monoisotopic (exact) mass is 383 g/mol. The first-order valence-corrected chi connectivity index (χ1v) is 8.96. The zero-order valence-electron chi connectivity index (χ0n) is 16.4. The second-order valence-electron chi connectivity index (χ2n) is 5.94. The van der Waals surface area contributed by atoms with Crippen molar-refractivity contribution < 1.29 is 23.8 Å². The maximum absolute atomic E-state index is 12.3. The Morgan fingerprint density at radius 1 is 1.04 bits per heavy atom. The van der Waals surface area contributed by atoms with Gasteiger partial charge in [-0.1, -0.05) is 30.3 Å². The van der Waals surface area contributed by atoms with Gasteiger partial charge in [0, 0.05) is 30.8 Å². The van der Waals surface area contributed by atoms with E-state index in [0.29, 0.717) is 30.2 Å². The van der Waals surface area contributed by atoms with Crippen LogP contribution in [0.2, 0.25) is 0 Å². The van der Waals surface area contributed by atoms with Gasteiger partial charge in [-0.25, -0.2) is 4.79 Å². The van der Waals surface area contributed by atoms with Crippen molar-refractivity contribution in [3.8, 4) is 11.5 Å². The molecule has 148 valence electrons.